The summed E-state index contributed by atoms with van der Waals surface area (Å²) in [5.74, 6) is 0. The Hall–Kier alpha value is -0.0951. The number of aliphatic hydroxyl groups excluding tert-OH is 2. The Balaban J connectivity index is 2.71. The third-order valence-electron chi connectivity index (χ3n) is 2.03. The summed E-state index contributed by atoms with van der Waals surface area (Å²) < 4.78 is 4.87. The molecule has 0 saturated carbocycles. The highest BCUT2D eigenvalue weighted by Gasteiger charge is 2.48. The van der Waals surface area contributed by atoms with Gasteiger partial charge in [-0.05, 0) is 6.92 Å². The second-order valence-electron chi connectivity index (χ2n) is 2.95. The van der Waals surface area contributed by atoms with Gasteiger partial charge in [0.15, 0.2) is 0 Å². The summed E-state index contributed by atoms with van der Waals surface area (Å²) >= 11 is 0. The topological polar surface area (TPSA) is 69.9 Å². The summed E-state index contributed by atoms with van der Waals surface area (Å²) in [7, 11) is 5.33. The minimum absolute atomic E-state index is 0.342. The number of rotatable bonds is 1. The molecule has 0 bridgehead atoms. The Kier molecular flexibility index (Phi) is 2.25. The molecule has 1 heterocycles. The summed E-state index contributed by atoms with van der Waals surface area (Å²) in [6.45, 7) is 1.03. The lowest BCUT2D eigenvalue weighted by Crippen LogP contribution is -2.45. The van der Waals surface area contributed by atoms with Crippen LogP contribution in [-0.4, -0.2) is 53.6 Å². The number of hydrogen-bond acceptors (Lipinski definition) is 4. The van der Waals surface area contributed by atoms with Crippen LogP contribution in [0.3, 0.4) is 0 Å². The molecule has 5 heteroatoms. The van der Waals surface area contributed by atoms with E-state index in [1.54, 1.807) is 0 Å². The summed E-state index contributed by atoms with van der Waals surface area (Å²) in [4.78, 5) is 0. The van der Waals surface area contributed by atoms with Crippen LogP contribution in [0.4, 0.5) is 0 Å². The van der Waals surface area contributed by atoms with Crippen molar-refractivity contribution in [2.24, 2.45) is 0 Å². The van der Waals surface area contributed by atoms with Crippen molar-refractivity contribution in [3.8, 4) is 0 Å². The van der Waals surface area contributed by atoms with Crippen molar-refractivity contribution < 1.29 is 20.1 Å². The molecule has 2 unspecified atom stereocenters. The smallest absolute Gasteiger partial charge is 0.113 e. The predicted molar refractivity (Wildman–Crippen MR) is 38.1 cm³/mol. The zero-order chi connectivity index (χ0) is 8.65. The lowest BCUT2D eigenvalue weighted by atomic mass is 9.82. The molecular formula is C6H11BO4. The third-order valence-corrected chi connectivity index (χ3v) is 2.03. The van der Waals surface area contributed by atoms with Gasteiger partial charge in [0.2, 0.25) is 0 Å². The maximum absolute atomic E-state index is 9.42. The molecule has 1 fully saturated rings. The molecule has 0 aromatic carbocycles. The van der Waals surface area contributed by atoms with E-state index in [1.807, 2.05) is 0 Å². The van der Waals surface area contributed by atoms with Gasteiger partial charge in [0.1, 0.15) is 25.7 Å². The first-order valence-corrected chi connectivity index (χ1v) is 3.42. The molecule has 62 valence electrons. The van der Waals surface area contributed by atoms with Gasteiger partial charge < -0.3 is 20.1 Å². The fourth-order valence-electron chi connectivity index (χ4n) is 1.09. The van der Waals surface area contributed by atoms with Gasteiger partial charge in [0.05, 0.1) is 6.61 Å². The van der Waals surface area contributed by atoms with Crippen LogP contribution in [0, 0.1) is 0 Å². The number of ether oxygens (including phenoxy) is 1. The van der Waals surface area contributed by atoms with Crippen LogP contribution in [0.5, 0.6) is 0 Å². The van der Waals surface area contributed by atoms with Crippen LogP contribution in [-0.2, 0) is 4.74 Å². The van der Waals surface area contributed by atoms with Crippen molar-refractivity contribution in [1.82, 2.24) is 0 Å². The molecule has 4 atom stereocenters. The van der Waals surface area contributed by atoms with Crippen molar-refractivity contribution >= 4 is 7.85 Å². The molecule has 0 aromatic rings. The Morgan fingerprint density at radius 2 is 2.18 bits per heavy atom. The Labute approximate surface area is 66.2 Å². The van der Waals surface area contributed by atoms with E-state index in [2.05, 4.69) is 0 Å². The van der Waals surface area contributed by atoms with Crippen molar-refractivity contribution in [3.05, 3.63) is 0 Å². The van der Waals surface area contributed by atoms with E-state index in [-0.39, 0.29) is 6.61 Å². The van der Waals surface area contributed by atoms with E-state index in [0.29, 0.717) is 0 Å². The van der Waals surface area contributed by atoms with Crippen LogP contribution in [0.15, 0.2) is 0 Å². The molecule has 4 nitrogen and oxygen atoms in total. The van der Waals surface area contributed by atoms with Gasteiger partial charge in [-0.15, -0.1) is 0 Å². The second kappa shape index (κ2) is 2.75. The largest absolute Gasteiger partial charge is 0.394 e. The van der Waals surface area contributed by atoms with Crippen LogP contribution >= 0.6 is 0 Å². The molecule has 3 N–H and O–H groups in total. The first-order chi connectivity index (χ1) is 5.00. The van der Waals surface area contributed by atoms with Crippen LogP contribution in [0.25, 0.3) is 0 Å². The highest BCUT2D eigenvalue weighted by Crippen LogP contribution is 2.28. The third kappa shape index (κ3) is 1.29. The van der Waals surface area contributed by atoms with E-state index in [0.717, 1.165) is 0 Å². The quantitative estimate of drug-likeness (QED) is 0.385. The maximum Gasteiger partial charge on any atom is 0.113 e. The van der Waals surface area contributed by atoms with Gasteiger partial charge >= 0.3 is 0 Å². The van der Waals surface area contributed by atoms with Gasteiger partial charge in [-0.2, -0.15) is 0 Å². The van der Waals surface area contributed by atoms with E-state index < -0.39 is 23.8 Å². The van der Waals surface area contributed by atoms with E-state index in [1.165, 1.54) is 6.92 Å². The molecule has 1 aliphatic heterocycles. The molecule has 0 aliphatic carbocycles. The maximum atomic E-state index is 9.42. The van der Waals surface area contributed by atoms with E-state index in [4.69, 9.17) is 17.7 Å². The van der Waals surface area contributed by atoms with Gasteiger partial charge in [-0.1, -0.05) is 0 Å². The predicted octanol–water partition coefficient (Wildman–Crippen LogP) is -2.02. The first-order valence-electron chi connectivity index (χ1n) is 3.42. The normalized spacial score (nSPS) is 51.5. The average Bonchev–Trinajstić information content (AvgIpc) is 2.14. The number of hydrogen-bond donors (Lipinski definition) is 3. The Morgan fingerprint density at radius 3 is 2.36 bits per heavy atom. The highest BCUT2D eigenvalue weighted by molar-refractivity contribution is 6.12. The molecule has 1 rings (SSSR count). The fourth-order valence-corrected chi connectivity index (χ4v) is 1.09. The Bertz CT molecular complexity index is 150. The molecular weight excluding hydrogens is 147 g/mol. The monoisotopic (exact) mass is 158 g/mol. The Morgan fingerprint density at radius 1 is 1.64 bits per heavy atom. The summed E-state index contributed by atoms with van der Waals surface area (Å²) in [6.07, 6.45) is -1.90. The highest BCUT2D eigenvalue weighted by atomic mass is 16.6. The minimum Gasteiger partial charge on any atom is -0.394 e. The van der Waals surface area contributed by atoms with Crippen molar-refractivity contribution in [2.75, 3.05) is 6.61 Å². The summed E-state index contributed by atoms with van der Waals surface area (Å²) in [5.41, 5.74) is -1.46. The van der Waals surface area contributed by atoms with Crippen LogP contribution in [0.2, 0.25) is 0 Å². The summed E-state index contributed by atoms with van der Waals surface area (Å²) in [6, 6.07) is -0.936. The van der Waals surface area contributed by atoms with Gasteiger partial charge in [0.25, 0.3) is 0 Å². The summed E-state index contributed by atoms with van der Waals surface area (Å²) in [5, 5.41) is 27.3. The lowest BCUT2D eigenvalue weighted by Gasteiger charge is -2.24. The first kappa shape index (κ1) is 9.00. The minimum atomic E-state index is -1.46. The molecule has 0 amide bonds. The zero-order valence-corrected chi connectivity index (χ0v) is 6.27. The van der Waals surface area contributed by atoms with E-state index in [9.17, 15) is 10.2 Å². The fraction of sp³-hybridized carbons (Fsp3) is 1.00. The van der Waals surface area contributed by atoms with Gasteiger partial charge in [-0.3, -0.25) is 0 Å². The van der Waals surface area contributed by atoms with Gasteiger partial charge in [-0.25, -0.2) is 0 Å². The van der Waals surface area contributed by atoms with Crippen LogP contribution < -0.4 is 0 Å². The van der Waals surface area contributed by atoms with Gasteiger partial charge in [0, 0.05) is 6.00 Å². The molecule has 11 heavy (non-hydrogen) atoms. The molecule has 0 spiro atoms. The molecule has 1 aliphatic rings. The number of aliphatic hydroxyl groups is 3. The standard InChI is InChI=1S/C6H11BO4/c1-6(10)4(9)3(2-8)11-5(6)7/h3-5,8-10H,2H2,1H3/t3?,4-,5?,6-/m1/s1. The van der Waals surface area contributed by atoms with Crippen LogP contribution in [0.1, 0.15) is 6.92 Å². The SMILES string of the molecule is [B]C1OC(CO)[C@@H](O)[C@@]1(C)O. The second-order valence-corrected chi connectivity index (χ2v) is 2.95. The lowest BCUT2D eigenvalue weighted by molar-refractivity contribution is -0.0467. The van der Waals surface area contributed by atoms with Crippen molar-refractivity contribution in [1.29, 1.82) is 0 Å². The van der Waals surface area contributed by atoms with Crippen molar-refractivity contribution in [2.45, 2.75) is 30.7 Å². The average molecular weight is 158 g/mol. The molecule has 1 saturated heterocycles. The molecule has 0 aromatic heterocycles. The van der Waals surface area contributed by atoms with Crippen molar-refractivity contribution in [3.63, 3.8) is 0 Å². The van der Waals surface area contributed by atoms with E-state index >= 15 is 0 Å². The zero-order valence-electron chi connectivity index (χ0n) is 6.27. The molecule has 2 radical (unpaired) electrons.